The highest BCUT2D eigenvalue weighted by molar-refractivity contribution is 5.74. The second-order valence-electron chi connectivity index (χ2n) is 3.81. The summed E-state index contributed by atoms with van der Waals surface area (Å²) in [6, 6.07) is 0. The lowest BCUT2D eigenvalue weighted by atomic mass is 10.2. The third-order valence-electron chi connectivity index (χ3n) is 2.33. The lowest BCUT2D eigenvalue weighted by Crippen LogP contribution is -2.27. The summed E-state index contributed by atoms with van der Waals surface area (Å²) in [6.07, 6.45) is 3.89. The van der Waals surface area contributed by atoms with Crippen LogP contribution in [0.1, 0.15) is 39.5 Å². The van der Waals surface area contributed by atoms with E-state index in [9.17, 15) is 4.79 Å². The number of hydrogen-bond donors (Lipinski definition) is 0. The van der Waals surface area contributed by atoms with E-state index in [1.54, 1.807) is 0 Å². The van der Waals surface area contributed by atoms with E-state index in [1.807, 2.05) is 13.8 Å². The normalized spacial score (nSPS) is 17.9. The summed E-state index contributed by atoms with van der Waals surface area (Å²) in [5, 5.41) is 0. The number of carbonyl (C=O) groups is 1. The summed E-state index contributed by atoms with van der Waals surface area (Å²) in [6.45, 7) is 5.03. The highest BCUT2D eigenvalue weighted by Crippen LogP contribution is 2.29. The average molecular weight is 200 g/mol. The molecular formula is C11H20O3. The van der Waals surface area contributed by atoms with E-state index < -0.39 is 0 Å². The van der Waals surface area contributed by atoms with Crippen LogP contribution in [0.2, 0.25) is 0 Å². The summed E-state index contributed by atoms with van der Waals surface area (Å²) in [5.41, 5.74) is 0. The number of carbonyl (C=O) groups excluding carboxylic acids is 1. The second-order valence-corrected chi connectivity index (χ2v) is 3.81. The number of hydrogen-bond acceptors (Lipinski definition) is 3. The van der Waals surface area contributed by atoms with Crippen LogP contribution in [0.25, 0.3) is 0 Å². The Labute approximate surface area is 85.8 Å². The Balaban J connectivity index is 2.23. The molecule has 0 aliphatic heterocycles. The molecule has 1 rings (SSSR count). The molecule has 0 aromatic carbocycles. The predicted molar refractivity (Wildman–Crippen MR) is 54.0 cm³/mol. The van der Waals surface area contributed by atoms with Gasteiger partial charge in [0.25, 0.3) is 0 Å². The molecule has 3 nitrogen and oxygen atoms in total. The molecule has 1 atom stereocenters. The van der Waals surface area contributed by atoms with Gasteiger partial charge in [0.15, 0.2) is 6.10 Å². The van der Waals surface area contributed by atoms with Crippen LogP contribution >= 0.6 is 0 Å². The first-order valence-electron chi connectivity index (χ1n) is 5.56. The first kappa shape index (κ1) is 11.5. The van der Waals surface area contributed by atoms with Gasteiger partial charge in [-0.1, -0.05) is 13.3 Å². The van der Waals surface area contributed by atoms with Gasteiger partial charge in [-0.3, -0.25) is 0 Å². The van der Waals surface area contributed by atoms with E-state index >= 15 is 0 Å². The third-order valence-corrected chi connectivity index (χ3v) is 2.33. The van der Waals surface area contributed by atoms with E-state index in [4.69, 9.17) is 9.47 Å². The molecule has 1 saturated carbocycles. The Morgan fingerprint density at radius 3 is 2.64 bits per heavy atom. The Hall–Kier alpha value is -0.570. The molecule has 0 aromatic rings. The molecule has 0 amide bonds. The SMILES string of the molecule is CCCC(OCC1CC1)C(=O)OCC. The monoisotopic (exact) mass is 200 g/mol. The van der Waals surface area contributed by atoms with Crippen LogP contribution in [0.4, 0.5) is 0 Å². The summed E-state index contributed by atoms with van der Waals surface area (Å²) in [4.78, 5) is 11.4. The minimum atomic E-state index is -0.333. The van der Waals surface area contributed by atoms with Crippen LogP contribution in [0.15, 0.2) is 0 Å². The molecule has 0 spiro atoms. The quantitative estimate of drug-likeness (QED) is 0.591. The zero-order valence-electron chi connectivity index (χ0n) is 9.12. The van der Waals surface area contributed by atoms with E-state index in [2.05, 4.69) is 0 Å². The van der Waals surface area contributed by atoms with Crippen molar-refractivity contribution in [2.75, 3.05) is 13.2 Å². The van der Waals surface area contributed by atoms with Crippen molar-refractivity contribution in [2.45, 2.75) is 45.6 Å². The summed E-state index contributed by atoms with van der Waals surface area (Å²) in [7, 11) is 0. The second kappa shape index (κ2) is 6.02. The lowest BCUT2D eigenvalue weighted by molar-refractivity contribution is -0.157. The van der Waals surface area contributed by atoms with Crippen molar-refractivity contribution in [1.82, 2.24) is 0 Å². The van der Waals surface area contributed by atoms with Crippen LogP contribution < -0.4 is 0 Å². The maximum absolute atomic E-state index is 11.4. The summed E-state index contributed by atoms with van der Waals surface area (Å²) in [5.74, 6) is 0.499. The van der Waals surface area contributed by atoms with Gasteiger partial charge in [0.2, 0.25) is 0 Å². The first-order valence-corrected chi connectivity index (χ1v) is 5.56. The Morgan fingerprint density at radius 1 is 1.43 bits per heavy atom. The van der Waals surface area contributed by atoms with Crippen LogP contribution in [-0.2, 0) is 14.3 Å². The summed E-state index contributed by atoms with van der Waals surface area (Å²) >= 11 is 0. The third kappa shape index (κ3) is 4.09. The highest BCUT2D eigenvalue weighted by Gasteiger charge is 2.26. The molecule has 3 heteroatoms. The molecule has 1 aliphatic rings. The topological polar surface area (TPSA) is 35.5 Å². The minimum Gasteiger partial charge on any atom is -0.464 e. The van der Waals surface area contributed by atoms with Gasteiger partial charge in [-0.05, 0) is 32.1 Å². The van der Waals surface area contributed by atoms with Gasteiger partial charge >= 0.3 is 5.97 Å². The molecule has 0 bridgehead atoms. The number of ether oxygens (including phenoxy) is 2. The van der Waals surface area contributed by atoms with Crippen molar-refractivity contribution in [3.05, 3.63) is 0 Å². The number of rotatable bonds is 7. The molecule has 1 fully saturated rings. The lowest BCUT2D eigenvalue weighted by Gasteiger charge is -2.15. The molecule has 1 unspecified atom stereocenters. The molecule has 0 radical (unpaired) electrons. The molecule has 14 heavy (non-hydrogen) atoms. The van der Waals surface area contributed by atoms with Crippen molar-refractivity contribution in [1.29, 1.82) is 0 Å². The maximum atomic E-state index is 11.4. The van der Waals surface area contributed by atoms with Gasteiger partial charge < -0.3 is 9.47 Å². The fourth-order valence-corrected chi connectivity index (χ4v) is 1.30. The van der Waals surface area contributed by atoms with Gasteiger partial charge in [-0.25, -0.2) is 4.79 Å². The molecule has 0 aromatic heterocycles. The molecule has 0 heterocycles. The van der Waals surface area contributed by atoms with Gasteiger partial charge in [-0.2, -0.15) is 0 Å². The predicted octanol–water partition coefficient (Wildman–Crippen LogP) is 2.14. The van der Waals surface area contributed by atoms with E-state index in [-0.39, 0.29) is 12.1 Å². The largest absolute Gasteiger partial charge is 0.464 e. The van der Waals surface area contributed by atoms with E-state index in [0.29, 0.717) is 12.5 Å². The van der Waals surface area contributed by atoms with Crippen molar-refractivity contribution >= 4 is 5.97 Å². The van der Waals surface area contributed by atoms with Crippen molar-refractivity contribution in [2.24, 2.45) is 5.92 Å². The van der Waals surface area contributed by atoms with Crippen molar-refractivity contribution < 1.29 is 14.3 Å². The summed E-state index contributed by atoms with van der Waals surface area (Å²) < 4.78 is 10.5. The van der Waals surface area contributed by atoms with E-state index in [0.717, 1.165) is 19.4 Å². The van der Waals surface area contributed by atoms with Gasteiger partial charge in [0, 0.05) is 0 Å². The smallest absolute Gasteiger partial charge is 0.335 e. The number of esters is 1. The molecule has 1 aliphatic carbocycles. The van der Waals surface area contributed by atoms with Crippen LogP contribution in [0, 0.1) is 5.92 Å². The van der Waals surface area contributed by atoms with Crippen LogP contribution in [0.5, 0.6) is 0 Å². The maximum Gasteiger partial charge on any atom is 0.335 e. The van der Waals surface area contributed by atoms with Gasteiger partial charge in [0.1, 0.15) is 0 Å². The fraction of sp³-hybridized carbons (Fsp3) is 0.909. The molecule has 0 N–H and O–H groups in total. The van der Waals surface area contributed by atoms with Crippen LogP contribution in [0.3, 0.4) is 0 Å². The minimum absolute atomic E-state index is 0.199. The Bertz CT molecular complexity index is 175. The van der Waals surface area contributed by atoms with Gasteiger partial charge in [-0.15, -0.1) is 0 Å². The van der Waals surface area contributed by atoms with Crippen molar-refractivity contribution in [3.8, 4) is 0 Å². The highest BCUT2D eigenvalue weighted by atomic mass is 16.6. The van der Waals surface area contributed by atoms with Crippen molar-refractivity contribution in [3.63, 3.8) is 0 Å². The zero-order valence-corrected chi connectivity index (χ0v) is 9.12. The van der Waals surface area contributed by atoms with Gasteiger partial charge in [0.05, 0.1) is 13.2 Å². The van der Waals surface area contributed by atoms with E-state index in [1.165, 1.54) is 12.8 Å². The van der Waals surface area contributed by atoms with Crippen LogP contribution in [-0.4, -0.2) is 25.3 Å². The average Bonchev–Trinajstić information content (AvgIpc) is 2.96. The Kier molecular flexibility index (Phi) is 4.94. The standard InChI is InChI=1S/C11H20O3/c1-3-5-10(11(12)13-4-2)14-8-9-6-7-9/h9-10H,3-8H2,1-2H3. The first-order chi connectivity index (χ1) is 6.77. The molecular weight excluding hydrogens is 180 g/mol. The molecule has 0 saturated heterocycles. The fourth-order valence-electron chi connectivity index (χ4n) is 1.30. The zero-order chi connectivity index (χ0) is 10.4. The molecule has 82 valence electrons. The Morgan fingerprint density at radius 2 is 2.14 bits per heavy atom.